The second kappa shape index (κ2) is 14.3. The highest BCUT2D eigenvalue weighted by Crippen LogP contribution is 2.13. The van der Waals surface area contributed by atoms with Gasteiger partial charge in [-0.15, -0.1) is 24.0 Å². The number of rotatable bonds is 10. The average Bonchev–Trinajstić information content (AvgIpc) is 3.15. The van der Waals surface area contributed by atoms with E-state index < -0.39 is 0 Å². The number of ether oxygens (including phenoxy) is 1. The third-order valence-electron chi connectivity index (χ3n) is 4.67. The summed E-state index contributed by atoms with van der Waals surface area (Å²) in [6, 6.07) is 4.52. The molecule has 2 rings (SSSR count). The number of methoxy groups -OCH3 is 1. The molecular formula is C19H35IN4O2. The van der Waals surface area contributed by atoms with Crippen LogP contribution in [0, 0.1) is 0 Å². The van der Waals surface area contributed by atoms with E-state index in [2.05, 4.69) is 22.5 Å². The topological polar surface area (TPSA) is 62.0 Å². The fourth-order valence-corrected chi connectivity index (χ4v) is 3.11. The summed E-state index contributed by atoms with van der Waals surface area (Å²) in [5, 5.41) is 6.70. The highest BCUT2D eigenvalue weighted by molar-refractivity contribution is 14.0. The number of aliphatic imine (C=N–C) groups is 1. The summed E-state index contributed by atoms with van der Waals surface area (Å²) in [6.07, 6.45) is 7.71. The predicted octanol–water partition coefficient (Wildman–Crippen LogP) is 2.89. The van der Waals surface area contributed by atoms with Crippen molar-refractivity contribution < 1.29 is 9.15 Å². The zero-order valence-corrected chi connectivity index (χ0v) is 18.5. The second-order valence-electron chi connectivity index (χ2n) is 6.64. The number of halogens is 1. The lowest BCUT2D eigenvalue weighted by Gasteiger charge is -2.32. The maximum atomic E-state index is 5.37. The summed E-state index contributed by atoms with van der Waals surface area (Å²) in [6.45, 7) is 7.86. The number of likely N-dealkylation sites (tertiary alicyclic amines) is 1. The zero-order chi connectivity index (χ0) is 17.7. The van der Waals surface area contributed by atoms with Gasteiger partial charge in [0.1, 0.15) is 5.76 Å². The van der Waals surface area contributed by atoms with Gasteiger partial charge in [-0.25, -0.2) is 0 Å². The minimum absolute atomic E-state index is 0. The van der Waals surface area contributed by atoms with Crippen LogP contribution in [-0.2, 0) is 11.2 Å². The molecule has 0 aromatic carbocycles. The molecule has 1 atom stereocenters. The normalized spacial score (nSPS) is 16.8. The van der Waals surface area contributed by atoms with Crippen molar-refractivity contribution in [2.24, 2.45) is 4.99 Å². The van der Waals surface area contributed by atoms with Crippen molar-refractivity contribution in [2.45, 2.75) is 45.1 Å². The van der Waals surface area contributed by atoms with Crippen LogP contribution in [0.4, 0.5) is 0 Å². The van der Waals surface area contributed by atoms with E-state index >= 15 is 0 Å². The Morgan fingerprint density at radius 3 is 2.73 bits per heavy atom. The maximum Gasteiger partial charge on any atom is 0.191 e. The largest absolute Gasteiger partial charge is 0.469 e. The number of nitrogens with zero attached hydrogens (tertiary/aromatic N) is 2. The average molecular weight is 478 g/mol. The fourth-order valence-electron chi connectivity index (χ4n) is 3.11. The molecule has 1 fully saturated rings. The minimum Gasteiger partial charge on any atom is -0.469 e. The van der Waals surface area contributed by atoms with Crippen molar-refractivity contribution in [3.8, 4) is 0 Å². The van der Waals surface area contributed by atoms with Gasteiger partial charge >= 0.3 is 0 Å². The van der Waals surface area contributed by atoms with Crippen molar-refractivity contribution >= 4 is 29.9 Å². The molecule has 0 amide bonds. The van der Waals surface area contributed by atoms with E-state index in [1.165, 1.54) is 32.4 Å². The van der Waals surface area contributed by atoms with Crippen molar-refractivity contribution in [1.29, 1.82) is 0 Å². The Kier molecular flexibility index (Phi) is 12.8. The summed E-state index contributed by atoms with van der Waals surface area (Å²) < 4.78 is 10.5. The molecule has 2 N–H and O–H groups in total. The first-order valence-electron chi connectivity index (χ1n) is 9.57. The van der Waals surface area contributed by atoms with Gasteiger partial charge in [0.2, 0.25) is 0 Å². The van der Waals surface area contributed by atoms with Gasteiger partial charge < -0.3 is 24.7 Å². The highest BCUT2D eigenvalue weighted by Gasteiger charge is 2.15. The summed E-state index contributed by atoms with van der Waals surface area (Å²) in [5.74, 6) is 1.84. The van der Waals surface area contributed by atoms with Crippen LogP contribution >= 0.6 is 24.0 Å². The molecule has 0 radical (unpaired) electrons. The fraction of sp³-hybridized carbons (Fsp3) is 0.737. The molecule has 1 aromatic heterocycles. The SMILES string of the molecule is COCCNC(=NCCC(C)N1CCCCC1)NCCc1ccco1.I. The van der Waals surface area contributed by atoms with Gasteiger partial charge in [-0.2, -0.15) is 0 Å². The van der Waals surface area contributed by atoms with Crippen LogP contribution in [0.1, 0.15) is 38.4 Å². The second-order valence-corrected chi connectivity index (χ2v) is 6.64. The van der Waals surface area contributed by atoms with E-state index in [9.17, 15) is 0 Å². The van der Waals surface area contributed by atoms with Crippen LogP contribution in [0.15, 0.2) is 27.8 Å². The number of nitrogens with one attached hydrogen (secondary N) is 2. The number of hydrogen-bond acceptors (Lipinski definition) is 4. The first-order valence-corrected chi connectivity index (χ1v) is 9.57. The molecule has 150 valence electrons. The smallest absolute Gasteiger partial charge is 0.191 e. The van der Waals surface area contributed by atoms with Crippen LogP contribution in [0.2, 0.25) is 0 Å². The Hall–Kier alpha value is -0.800. The lowest BCUT2D eigenvalue weighted by atomic mass is 10.1. The molecular weight excluding hydrogens is 443 g/mol. The highest BCUT2D eigenvalue weighted by atomic mass is 127. The molecule has 0 saturated carbocycles. The molecule has 1 aliphatic rings. The molecule has 0 aliphatic carbocycles. The Labute approximate surface area is 175 Å². The maximum absolute atomic E-state index is 5.37. The van der Waals surface area contributed by atoms with E-state index in [0.29, 0.717) is 12.6 Å². The van der Waals surface area contributed by atoms with Gasteiger partial charge in [0.05, 0.1) is 12.9 Å². The molecule has 26 heavy (non-hydrogen) atoms. The summed E-state index contributed by atoms with van der Waals surface area (Å²) in [4.78, 5) is 7.33. The molecule has 1 aliphatic heterocycles. The van der Waals surface area contributed by atoms with Gasteiger partial charge in [-0.05, 0) is 51.4 Å². The van der Waals surface area contributed by atoms with Crippen molar-refractivity contribution in [3.05, 3.63) is 24.2 Å². The third kappa shape index (κ3) is 9.23. The zero-order valence-electron chi connectivity index (χ0n) is 16.2. The van der Waals surface area contributed by atoms with E-state index in [1.54, 1.807) is 13.4 Å². The summed E-state index contributed by atoms with van der Waals surface area (Å²) in [7, 11) is 1.71. The van der Waals surface area contributed by atoms with Crippen molar-refractivity contribution in [2.75, 3.05) is 46.4 Å². The standard InChI is InChI=1S/C19H34N4O2.HI/c1-17(23-13-4-3-5-14-23)8-10-20-19(22-12-16-24-2)21-11-9-18-7-6-15-25-18;/h6-7,15,17H,3-5,8-14,16H2,1-2H3,(H2,20,21,22);1H. The van der Waals surface area contributed by atoms with Gasteiger partial charge in [0.15, 0.2) is 5.96 Å². The molecule has 0 bridgehead atoms. The number of guanidine groups is 1. The number of piperidine rings is 1. The number of hydrogen-bond donors (Lipinski definition) is 2. The Morgan fingerprint density at radius 1 is 1.27 bits per heavy atom. The van der Waals surface area contributed by atoms with Gasteiger partial charge in [0, 0.05) is 39.2 Å². The lowest BCUT2D eigenvalue weighted by Crippen LogP contribution is -2.40. The lowest BCUT2D eigenvalue weighted by molar-refractivity contribution is 0.168. The minimum atomic E-state index is 0. The van der Waals surface area contributed by atoms with Crippen LogP contribution in [0.5, 0.6) is 0 Å². The Balaban J connectivity index is 0.00000338. The molecule has 1 saturated heterocycles. The molecule has 6 nitrogen and oxygen atoms in total. The predicted molar refractivity (Wildman–Crippen MR) is 118 cm³/mol. The van der Waals surface area contributed by atoms with E-state index in [4.69, 9.17) is 14.1 Å². The van der Waals surface area contributed by atoms with Crippen LogP contribution in [-0.4, -0.2) is 63.3 Å². The third-order valence-corrected chi connectivity index (χ3v) is 4.67. The summed E-state index contributed by atoms with van der Waals surface area (Å²) >= 11 is 0. The van der Waals surface area contributed by atoms with Crippen molar-refractivity contribution in [1.82, 2.24) is 15.5 Å². The van der Waals surface area contributed by atoms with Crippen LogP contribution in [0.25, 0.3) is 0 Å². The summed E-state index contributed by atoms with van der Waals surface area (Å²) in [5.41, 5.74) is 0. The van der Waals surface area contributed by atoms with Gasteiger partial charge in [-0.3, -0.25) is 4.99 Å². The van der Waals surface area contributed by atoms with E-state index in [0.717, 1.165) is 44.2 Å². The van der Waals surface area contributed by atoms with E-state index in [-0.39, 0.29) is 24.0 Å². The Morgan fingerprint density at radius 2 is 2.04 bits per heavy atom. The first-order chi connectivity index (χ1) is 12.3. The van der Waals surface area contributed by atoms with Crippen LogP contribution in [0.3, 0.4) is 0 Å². The molecule has 1 aromatic rings. The van der Waals surface area contributed by atoms with Crippen LogP contribution < -0.4 is 10.6 Å². The molecule has 2 heterocycles. The van der Waals surface area contributed by atoms with Crippen molar-refractivity contribution in [3.63, 3.8) is 0 Å². The molecule has 7 heteroatoms. The number of furan rings is 1. The van der Waals surface area contributed by atoms with Gasteiger partial charge in [-0.1, -0.05) is 6.42 Å². The Bertz CT molecular complexity index is 476. The molecule has 0 spiro atoms. The van der Waals surface area contributed by atoms with Gasteiger partial charge in [0.25, 0.3) is 0 Å². The monoisotopic (exact) mass is 478 g/mol. The van der Waals surface area contributed by atoms with E-state index in [1.807, 2.05) is 12.1 Å². The quantitative estimate of drug-likeness (QED) is 0.235. The molecule has 1 unspecified atom stereocenters. The first kappa shape index (κ1) is 23.2.